The standard InChI is InChI=1S/C12H15NO/c13-10-5-4-8-12(9-10)14-11-6-2-1-3-7-11/h4-6,8-9H,1-3,7,13H2. The van der Waals surface area contributed by atoms with Gasteiger partial charge in [-0.25, -0.2) is 0 Å². The number of nitrogen functional groups attached to an aromatic ring is 1. The van der Waals surface area contributed by atoms with Crippen LogP contribution in [0.4, 0.5) is 5.69 Å². The van der Waals surface area contributed by atoms with E-state index in [1.807, 2.05) is 24.3 Å². The van der Waals surface area contributed by atoms with Gasteiger partial charge in [0.2, 0.25) is 0 Å². The zero-order chi connectivity index (χ0) is 9.80. The third kappa shape index (κ3) is 2.28. The molecule has 0 bridgehead atoms. The van der Waals surface area contributed by atoms with Gasteiger partial charge in [-0.1, -0.05) is 6.07 Å². The summed E-state index contributed by atoms with van der Waals surface area (Å²) in [4.78, 5) is 0. The first-order valence-electron chi connectivity index (χ1n) is 5.07. The third-order valence-corrected chi connectivity index (χ3v) is 2.36. The topological polar surface area (TPSA) is 35.2 Å². The quantitative estimate of drug-likeness (QED) is 0.725. The van der Waals surface area contributed by atoms with E-state index in [-0.39, 0.29) is 0 Å². The summed E-state index contributed by atoms with van der Waals surface area (Å²) in [7, 11) is 0. The molecule has 14 heavy (non-hydrogen) atoms. The van der Waals surface area contributed by atoms with Crippen LogP contribution in [-0.2, 0) is 0 Å². The zero-order valence-corrected chi connectivity index (χ0v) is 8.20. The number of hydrogen-bond donors (Lipinski definition) is 1. The lowest BCUT2D eigenvalue weighted by molar-refractivity contribution is 0.384. The van der Waals surface area contributed by atoms with Crippen LogP contribution in [0.15, 0.2) is 36.1 Å². The fraction of sp³-hybridized carbons (Fsp3) is 0.333. The average molecular weight is 189 g/mol. The lowest BCUT2D eigenvalue weighted by atomic mass is 10.1. The second kappa shape index (κ2) is 4.18. The largest absolute Gasteiger partial charge is 0.462 e. The van der Waals surface area contributed by atoms with E-state index in [0.29, 0.717) is 0 Å². The molecule has 0 aromatic heterocycles. The average Bonchev–Trinajstić information content (AvgIpc) is 2.19. The van der Waals surface area contributed by atoms with E-state index in [0.717, 1.165) is 30.0 Å². The normalized spacial score (nSPS) is 16.1. The number of hydrogen-bond acceptors (Lipinski definition) is 2. The summed E-state index contributed by atoms with van der Waals surface area (Å²) in [5.74, 6) is 1.93. The molecule has 0 saturated carbocycles. The molecule has 2 heteroatoms. The predicted molar refractivity (Wildman–Crippen MR) is 58.0 cm³/mol. The minimum atomic E-state index is 0.749. The van der Waals surface area contributed by atoms with Crippen LogP contribution >= 0.6 is 0 Å². The first-order valence-corrected chi connectivity index (χ1v) is 5.07. The molecule has 0 atom stereocenters. The summed E-state index contributed by atoms with van der Waals surface area (Å²) in [6.07, 6.45) is 6.87. The molecule has 0 fully saturated rings. The molecule has 2 rings (SSSR count). The van der Waals surface area contributed by atoms with Gasteiger partial charge in [-0.05, 0) is 37.5 Å². The number of rotatable bonds is 2. The van der Waals surface area contributed by atoms with Crippen molar-refractivity contribution in [3.63, 3.8) is 0 Å². The minimum absolute atomic E-state index is 0.749. The fourth-order valence-electron chi connectivity index (χ4n) is 1.63. The van der Waals surface area contributed by atoms with Gasteiger partial charge in [0, 0.05) is 18.2 Å². The Morgan fingerprint density at radius 1 is 1.21 bits per heavy atom. The number of allylic oxidation sites excluding steroid dienone is 2. The summed E-state index contributed by atoms with van der Waals surface area (Å²) in [6, 6.07) is 7.57. The highest BCUT2D eigenvalue weighted by Gasteiger charge is 2.05. The monoisotopic (exact) mass is 189 g/mol. The SMILES string of the molecule is Nc1cccc(OC2=CCCCC2)c1. The predicted octanol–water partition coefficient (Wildman–Crippen LogP) is 3.11. The van der Waals surface area contributed by atoms with E-state index in [1.54, 1.807) is 0 Å². The van der Waals surface area contributed by atoms with Crippen molar-refractivity contribution in [2.75, 3.05) is 5.73 Å². The molecule has 0 heterocycles. The van der Waals surface area contributed by atoms with Gasteiger partial charge in [-0.2, -0.15) is 0 Å². The van der Waals surface area contributed by atoms with E-state index in [1.165, 1.54) is 12.8 Å². The van der Waals surface area contributed by atoms with Crippen LogP contribution < -0.4 is 10.5 Å². The van der Waals surface area contributed by atoms with Gasteiger partial charge in [0.1, 0.15) is 11.5 Å². The van der Waals surface area contributed by atoms with Crippen molar-refractivity contribution in [2.45, 2.75) is 25.7 Å². The molecule has 0 unspecified atom stereocenters. The number of nitrogens with two attached hydrogens (primary N) is 1. The Kier molecular flexibility index (Phi) is 2.73. The van der Waals surface area contributed by atoms with Crippen LogP contribution in [0.5, 0.6) is 5.75 Å². The molecule has 0 amide bonds. The van der Waals surface area contributed by atoms with Crippen molar-refractivity contribution in [2.24, 2.45) is 0 Å². The van der Waals surface area contributed by atoms with Crippen LogP contribution in [0.25, 0.3) is 0 Å². The maximum absolute atomic E-state index is 5.72. The molecule has 0 aliphatic heterocycles. The molecule has 0 spiro atoms. The second-order valence-electron chi connectivity index (χ2n) is 3.59. The zero-order valence-electron chi connectivity index (χ0n) is 8.20. The van der Waals surface area contributed by atoms with E-state index < -0.39 is 0 Å². The van der Waals surface area contributed by atoms with Crippen LogP contribution in [0.2, 0.25) is 0 Å². The fourth-order valence-corrected chi connectivity index (χ4v) is 1.63. The molecule has 1 aliphatic rings. The molecule has 2 N–H and O–H groups in total. The Bertz CT molecular complexity index is 344. The first kappa shape index (κ1) is 9.13. The van der Waals surface area contributed by atoms with Gasteiger partial charge >= 0.3 is 0 Å². The van der Waals surface area contributed by atoms with Crippen LogP contribution in [0.3, 0.4) is 0 Å². The molecule has 1 aromatic rings. The van der Waals surface area contributed by atoms with Crippen molar-refractivity contribution < 1.29 is 4.74 Å². The van der Waals surface area contributed by atoms with Crippen molar-refractivity contribution in [3.05, 3.63) is 36.1 Å². The van der Waals surface area contributed by atoms with Crippen LogP contribution in [-0.4, -0.2) is 0 Å². The summed E-state index contributed by atoms with van der Waals surface area (Å²) in [5.41, 5.74) is 6.41. The third-order valence-electron chi connectivity index (χ3n) is 2.36. The van der Waals surface area contributed by atoms with E-state index in [4.69, 9.17) is 10.5 Å². The van der Waals surface area contributed by atoms with Gasteiger partial charge in [0.15, 0.2) is 0 Å². The summed E-state index contributed by atoms with van der Waals surface area (Å²) < 4.78 is 5.72. The Labute approximate surface area is 84.4 Å². The highest BCUT2D eigenvalue weighted by atomic mass is 16.5. The van der Waals surface area contributed by atoms with Gasteiger partial charge in [-0.15, -0.1) is 0 Å². The molecule has 1 aliphatic carbocycles. The molecule has 2 nitrogen and oxygen atoms in total. The van der Waals surface area contributed by atoms with Crippen molar-refractivity contribution in [3.8, 4) is 5.75 Å². The molecule has 74 valence electrons. The molecule has 0 radical (unpaired) electrons. The lowest BCUT2D eigenvalue weighted by Gasteiger charge is -2.13. The van der Waals surface area contributed by atoms with Crippen molar-refractivity contribution >= 4 is 5.69 Å². The van der Waals surface area contributed by atoms with E-state index in [9.17, 15) is 0 Å². The molecule has 0 saturated heterocycles. The van der Waals surface area contributed by atoms with E-state index >= 15 is 0 Å². The van der Waals surface area contributed by atoms with Crippen LogP contribution in [0.1, 0.15) is 25.7 Å². The van der Waals surface area contributed by atoms with Gasteiger partial charge in [0.25, 0.3) is 0 Å². The van der Waals surface area contributed by atoms with Crippen molar-refractivity contribution in [1.82, 2.24) is 0 Å². The van der Waals surface area contributed by atoms with Gasteiger partial charge in [-0.3, -0.25) is 0 Å². The first-order chi connectivity index (χ1) is 6.84. The Balaban J connectivity index is 2.06. The highest BCUT2D eigenvalue weighted by molar-refractivity contribution is 5.44. The molecular weight excluding hydrogens is 174 g/mol. The highest BCUT2D eigenvalue weighted by Crippen LogP contribution is 2.23. The number of anilines is 1. The number of benzene rings is 1. The Morgan fingerprint density at radius 2 is 2.14 bits per heavy atom. The van der Waals surface area contributed by atoms with Crippen molar-refractivity contribution in [1.29, 1.82) is 0 Å². The van der Waals surface area contributed by atoms with E-state index in [2.05, 4.69) is 6.08 Å². The molecular formula is C12H15NO. The summed E-state index contributed by atoms with van der Waals surface area (Å²) in [6.45, 7) is 0. The smallest absolute Gasteiger partial charge is 0.128 e. The number of ether oxygens (including phenoxy) is 1. The van der Waals surface area contributed by atoms with Gasteiger partial charge in [0.05, 0.1) is 0 Å². The maximum Gasteiger partial charge on any atom is 0.128 e. The summed E-state index contributed by atoms with van der Waals surface area (Å²) >= 11 is 0. The Morgan fingerprint density at radius 3 is 2.86 bits per heavy atom. The maximum atomic E-state index is 5.72. The Hall–Kier alpha value is -1.44. The van der Waals surface area contributed by atoms with Crippen LogP contribution in [0, 0.1) is 0 Å². The minimum Gasteiger partial charge on any atom is -0.462 e. The second-order valence-corrected chi connectivity index (χ2v) is 3.59. The van der Waals surface area contributed by atoms with Gasteiger partial charge < -0.3 is 10.5 Å². The summed E-state index contributed by atoms with van der Waals surface area (Å²) in [5, 5.41) is 0. The molecule has 1 aromatic carbocycles. The lowest BCUT2D eigenvalue weighted by Crippen LogP contribution is -2.00.